The second-order valence-corrected chi connectivity index (χ2v) is 7.51. The molecule has 3 rings (SSSR count). The molecule has 29 heavy (non-hydrogen) atoms. The van der Waals surface area contributed by atoms with Crippen molar-refractivity contribution in [1.82, 2.24) is 25.3 Å². The minimum Gasteiger partial charge on any atom is -0.379 e. The van der Waals surface area contributed by atoms with Crippen molar-refractivity contribution in [3.63, 3.8) is 0 Å². The summed E-state index contributed by atoms with van der Waals surface area (Å²) in [6, 6.07) is 10.7. The number of hydrogen-bond acceptors (Lipinski definition) is 4. The van der Waals surface area contributed by atoms with Gasteiger partial charge in [0.25, 0.3) is 0 Å². The van der Waals surface area contributed by atoms with Crippen molar-refractivity contribution < 1.29 is 4.74 Å². The van der Waals surface area contributed by atoms with Crippen LogP contribution in [0.3, 0.4) is 0 Å². The number of ether oxygens (including phenoxy) is 1. The van der Waals surface area contributed by atoms with Gasteiger partial charge in [0.05, 0.1) is 18.9 Å². The highest BCUT2D eigenvalue weighted by atomic mass is 16.5. The fraction of sp³-hybridized carbons (Fsp3) is 0.545. The van der Waals surface area contributed by atoms with Gasteiger partial charge >= 0.3 is 0 Å². The number of aryl methyl sites for hydroxylation is 3. The first kappa shape index (κ1) is 21.3. The molecule has 0 bridgehead atoms. The average Bonchev–Trinajstić information content (AvgIpc) is 3.06. The summed E-state index contributed by atoms with van der Waals surface area (Å²) in [5.74, 6) is 0.833. The summed E-state index contributed by atoms with van der Waals surface area (Å²) in [6.07, 6.45) is 0.996. The van der Waals surface area contributed by atoms with E-state index in [2.05, 4.69) is 67.6 Å². The molecule has 0 spiro atoms. The highest BCUT2D eigenvalue weighted by Gasteiger charge is 2.12. The Morgan fingerprint density at radius 3 is 2.59 bits per heavy atom. The average molecular weight is 399 g/mol. The molecular formula is C22H34N6O. The summed E-state index contributed by atoms with van der Waals surface area (Å²) in [6.45, 7) is 11.3. The van der Waals surface area contributed by atoms with Crippen LogP contribution < -0.4 is 10.6 Å². The van der Waals surface area contributed by atoms with Gasteiger partial charge in [-0.1, -0.05) is 24.3 Å². The fourth-order valence-corrected chi connectivity index (χ4v) is 3.62. The largest absolute Gasteiger partial charge is 0.379 e. The van der Waals surface area contributed by atoms with Gasteiger partial charge in [-0.3, -0.25) is 14.6 Å². The number of rotatable bonds is 8. The molecule has 0 saturated carbocycles. The molecule has 0 unspecified atom stereocenters. The van der Waals surface area contributed by atoms with Crippen molar-refractivity contribution in [2.45, 2.75) is 39.9 Å². The van der Waals surface area contributed by atoms with Crippen LogP contribution in [0.1, 0.15) is 28.9 Å². The standard InChI is InChI=1S/C22H34N6O/c1-18-15-19(2)28(26-18)10-6-9-24-22(23-3)25-16-20-7-4-5-8-21(20)17-27-11-13-29-14-12-27/h4-5,7-8,15H,6,9-14,16-17H2,1-3H3,(H2,23,24,25). The van der Waals surface area contributed by atoms with Crippen molar-refractivity contribution in [2.75, 3.05) is 39.9 Å². The molecule has 1 aliphatic heterocycles. The van der Waals surface area contributed by atoms with Crippen LogP contribution in [0, 0.1) is 13.8 Å². The molecule has 1 aromatic carbocycles. The van der Waals surface area contributed by atoms with Gasteiger partial charge in [-0.05, 0) is 37.5 Å². The maximum atomic E-state index is 5.46. The van der Waals surface area contributed by atoms with E-state index in [1.165, 1.54) is 16.8 Å². The van der Waals surface area contributed by atoms with E-state index in [1.807, 2.05) is 14.0 Å². The van der Waals surface area contributed by atoms with E-state index in [1.54, 1.807) is 0 Å². The van der Waals surface area contributed by atoms with Gasteiger partial charge < -0.3 is 15.4 Å². The number of nitrogens with one attached hydrogen (secondary N) is 2. The first-order chi connectivity index (χ1) is 14.2. The predicted octanol–water partition coefficient (Wildman–Crippen LogP) is 2.09. The summed E-state index contributed by atoms with van der Waals surface area (Å²) in [5, 5.41) is 11.4. The zero-order valence-corrected chi connectivity index (χ0v) is 17.9. The predicted molar refractivity (Wildman–Crippen MR) is 117 cm³/mol. The van der Waals surface area contributed by atoms with Gasteiger partial charge in [0.2, 0.25) is 0 Å². The normalized spacial score (nSPS) is 15.5. The summed E-state index contributed by atoms with van der Waals surface area (Å²) in [5.41, 5.74) is 4.96. The molecule has 1 saturated heterocycles. The number of benzene rings is 1. The van der Waals surface area contributed by atoms with Crippen LogP contribution >= 0.6 is 0 Å². The summed E-state index contributed by atoms with van der Waals surface area (Å²) >= 11 is 0. The molecule has 0 aliphatic carbocycles. The lowest BCUT2D eigenvalue weighted by molar-refractivity contribution is 0.0341. The molecule has 2 aromatic rings. The monoisotopic (exact) mass is 398 g/mol. The Bertz CT molecular complexity index is 794. The van der Waals surface area contributed by atoms with E-state index < -0.39 is 0 Å². The lowest BCUT2D eigenvalue weighted by atomic mass is 10.1. The topological polar surface area (TPSA) is 66.7 Å². The van der Waals surface area contributed by atoms with Gasteiger partial charge in [0.1, 0.15) is 0 Å². The van der Waals surface area contributed by atoms with E-state index in [9.17, 15) is 0 Å². The Morgan fingerprint density at radius 1 is 1.14 bits per heavy atom. The molecule has 7 nitrogen and oxygen atoms in total. The molecule has 158 valence electrons. The SMILES string of the molecule is CN=C(NCCCn1nc(C)cc1C)NCc1ccccc1CN1CCOCC1. The Balaban J connectivity index is 1.44. The van der Waals surface area contributed by atoms with Crippen LogP contribution in [0.4, 0.5) is 0 Å². The smallest absolute Gasteiger partial charge is 0.191 e. The number of nitrogens with zero attached hydrogens (tertiary/aromatic N) is 4. The molecule has 2 N–H and O–H groups in total. The molecule has 0 radical (unpaired) electrons. The maximum absolute atomic E-state index is 5.46. The zero-order valence-electron chi connectivity index (χ0n) is 17.9. The Hall–Kier alpha value is -2.38. The minimum atomic E-state index is 0.762. The molecule has 1 aliphatic rings. The summed E-state index contributed by atoms with van der Waals surface area (Å²) in [4.78, 5) is 6.81. The highest BCUT2D eigenvalue weighted by Crippen LogP contribution is 2.13. The van der Waals surface area contributed by atoms with Crippen molar-refractivity contribution in [2.24, 2.45) is 4.99 Å². The van der Waals surface area contributed by atoms with E-state index in [4.69, 9.17) is 4.74 Å². The molecule has 1 fully saturated rings. The minimum absolute atomic E-state index is 0.762. The lowest BCUT2D eigenvalue weighted by Gasteiger charge is -2.27. The first-order valence-electron chi connectivity index (χ1n) is 10.5. The third kappa shape index (κ3) is 6.58. The molecule has 0 amide bonds. The summed E-state index contributed by atoms with van der Waals surface area (Å²) < 4.78 is 7.52. The second kappa shape index (κ2) is 11.0. The molecular weight excluding hydrogens is 364 g/mol. The van der Waals surface area contributed by atoms with Crippen LogP contribution in [0.25, 0.3) is 0 Å². The summed E-state index contributed by atoms with van der Waals surface area (Å²) in [7, 11) is 1.82. The molecule has 2 heterocycles. The van der Waals surface area contributed by atoms with E-state index in [-0.39, 0.29) is 0 Å². The zero-order chi connectivity index (χ0) is 20.5. The van der Waals surface area contributed by atoms with Crippen LogP contribution in [-0.2, 0) is 24.4 Å². The van der Waals surface area contributed by atoms with Crippen LogP contribution in [0.15, 0.2) is 35.3 Å². The maximum Gasteiger partial charge on any atom is 0.191 e. The Morgan fingerprint density at radius 2 is 1.90 bits per heavy atom. The van der Waals surface area contributed by atoms with Gasteiger partial charge in [-0.2, -0.15) is 5.10 Å². The second-order valence-electron chi connectivity index (χ2n) is 7.51. The van der Waals surface area contributed by atoms with Gasteiger partial charge in [-0.15, -0.1) is 0 Å². The quantitative estimate of drug-likeness (QED) is 0.405. The molecule has 0 atom stereocenters. The van der Waals surface area contributed by atoms with Crippen LogP contribution in [-0.4, -0.2) is 60.5 Å². The number of morpholine rings is 1. The third-order valence-electron chi connectivity index (χ3n) is 5.23. The fourth-order valence-electron chi connectivity index (χ4n) is 3.62. The van der Waals surface area contributed by atoms with Gasteiger partial charge in [0.15, 0.2) is 5.96 Å². The van der Waals surface area contributed by atoms with Crippen molar-refractivity contribution in [3.8, 4) is 0 Å². The van der Waals surface area contributed by atoms with Gasteiger partial charge in [0, 0.05) is 52.0 Å². The number of aliphatic imine (C=N–C) groups is 1. The van der Waals surface area contributed by atoms with Crippen molar-refractivity contribution in [1.29, 1.82) is 0 Å². The highest BCUT2D eigenvalue weighted by molar-refractivity contribution is 5.79. The number of aromatic nitrogens is 2. The molecule has 7 heteroatoms. The van der Waals surface area contributed by atoms with Crippen LogP contribution in [0.5, 0.6) is 0 Å². The van der Waals surface area contributed by atoms with Crippen molar-refractivity contribution in [3.05, 3.63) is 52.8 Å². The Kier molecular flexibility index (Phi) is 8.07. The van der Waals surface area contributed by atoms with E-state index in [0.29, 0.717) is 0 Å². The van der Waals surface area contributed by atoms with Crippen LogP contribution in [0.2, 0.25) is 0 Å². The molecule has 1 aromatic heterocycles. The number of hydrogen-bond donors (Lipinski definition) is 2. The lowest BCUT2D eigenvalue weighted by Crippen LogP contribution is -2.38. The Labute approximate surface area is 174 Å². The van der Waals surface area contributed by atoms with Gasteiger partial charge in [-0.25, -0.2) is 0 Å². The van der Waals surface area contributed by atoms with E-state index in [0.717, 1.165) is 70.6 Å². The first-order valence-corrected chi connectivity index (χ1v) is 10.5. The number of guanidine groups is 1. The third-order valence-corrected chi connectivity index (χ3v) is 5.23. The van der Waals surface area contributed by atoms with E-state index >= 15 is 0 Å². The van der Waals surface area contributed by atoms with Crippen molar-refractivity contribution >= 4 is 5.96 Å².